The zero-order valence-corrected chi connectivity index (χ0v) is 37.2. The molecule has 4 atom stereocenters. The Hall–Kier alpha value is -6.17. The standard InChI is InChI=1S/C46H55N9O7S/c1-27(29-10-12-30(13-11-29)41-28(2)47-26-63-41)49-44(59)38-23-32(56)24-55(38)45(60)42(46(3,4)5)52-40(57)25-62-33-17-20-54(21-18-33)31-14-15-36(39(22-31)61-6)51-43(58)37-9-7-8-34(50-37)35-16-19-48-53-35/h7-16,19,22,26-27,32-33,38,42,56H,17-18,20-21,23-25H2,1-6H3,(H,48,53)(H,49,59)(H,51,58)(H,52,57). The zero-order valence-electron chi connectivity index (χ0n) is 36.4. The molecule has 2 aromatic carbocycles. The number of ether oxygens (including phenoxy) is 2. The molecular formula is C46H55N9O7S. The summed E-state index contributed by atoms with van der Waals surface area (Å²) in [6, 6.07) is 18.3. The van der Waals surface area contributed by atoms with Crippen molar-refractivity contribution in [3.8, 4) is 27.6 Å². The fourth-order valence-corrected chi connectivity index (χ4v) is 8.78. The number of hydrogen-bond donors (Lipinski definition) is 5. The molecule has 0 saturated carbocycles. The molecule has 0 spiro atoms. The van der Waals surface area contributed by atoms with Crippen LogP contribution in [0.5, 0.6) is 5.75 Å². The zero-order chi connectivity index (χ0) is 44.8. The summed E-state index contributed by atoms with van der Waals surface area (Å²) >= 11 is 1.57. The average Bonchev–Trinajstić information content (AvgIpc) is 4.07. The van der Waals surface area contributed by atoms with Crippen molar-refractivity contribution in [2.24, 2.45) is 5.41 Å². The highest BCUT2D eigenvalue weighted by molar-refractivity contribution is 7.13. The summed E-state index contributed by atoms with van der Waals surface area (Å²) in [5, 5.41) is 26.3. The van der Waals surface area contributed by atoms with E-state index in [-0.39, 0.29) is 49.2 Å². The fourth-order valence-electron chi connectivity index (χ4n) is 7.97. The number of aryl methyl sites for hydroxylation is 1. The van der Waals surface area contributed by atoms with E-state index in [4.69, 9.17) is 9.47 Å². The predicted molar refractivity (Wildman–Crippen MR) is 240 cm³/mol. The number of likely N-dealkylation sites (tertiary alicyclic amines) is 1. The number of benzene rings is 2. The normalized spacial score (nSPS) is 17.8. The lowest BCUT2D eigenvalue weighted by Gasteiger charge is -2.36. The summed E-state index contributed by atoms with van der Waals surface area (Å²) < 4.78 is 11.7. The van der Waals surface area contributed by atoms with Gasteiger partial charge in [0.15, 0.2) is 0 Å². The van der Waals surface area contributed by atoms with Crippen molar-refractivity contribution in [3.63, 3.8) is 0 Å². The second-order valence-corrected chi connectivity index (χ2v) is 18.0. The summed E-state index contributed by atoms with van der Waals surface area (Å²) in [6.07, 6.45) is 1.96. The molecule has 63 heavy (non-hydrogen) atoms. The van der Waals surface area contributed by atoms with E-state index >= 15 is 0 Å². The molecule has 5 N–H and O–H groups in total. The van der Waals surface area contributed by atoms with Gasteiger partial charge in [-0.3, -0.25) is 24.3 Å². The molecule has 4 unspecified atom stereocenters. The number of H-pyrrole nitrogens is 1. The SMILES string of the molecule is COc1cc(N2CCC(OCC(=O)NC(C(=O)N3CC(O)CC3C(=O)NC(C)c3ccc(-c4scnc4C)cc3)C(C)(C)C)CC2)ccc1NC(=O)c1cccc(-c2ccn[nH]2)n1. The van der Waals surface area contributed by atoms with E-state index in [0.29, 0.717) is 48.8 Å². The summed E-state index contributed by atoms with van der Waals surface area (Å²) in [6.45, 7) is 10.5. The number of thiazole rings is 1. The number of piperidine rings is 1. The number of rotatable bonds is 14. The largest absolute Gasteiger partial charge is 0.494 e. The first kappa shape index (κ1) is 44.9. The number of nitrogens with zero attached hydrogens (tertiary/aromatic N) is 5. The summed E-state index contributed by atoms with van der Waals surface area (Å²) in [4.78, 5) is 67.9. The molecule has 2 fully saturated rings. The number of pyridine rings is 1. The van der Waals surface area contributed by atoms with Crippen LogP contribution >= 0.6 is 11.3 Å². The van der Waals surface area contributed by atoms with E-state index in [1.165, 1.54) is 4.90 Å². The van der Waals surface area contributed by atoms with Crippen LogP contribution in [0.15, 0.2) is 78.4 Å². The number of carbonyl (C=O) groups excluding carboxylic acids is 4. The topological polar surface area (TPSA) is 204 Å². The Bertz CT molecular complexity index is 2390. The van der Waals surface area contributed by atoms with Crippen molar-refractivity contribution in [2.75, 3.05) is 43.6 Å². The minimum Gasteiger partial charge on any atom is -0.494 e. The third kappa shape index (κ3) is 10.7. The van der Waals surface area contributed by atoms with Gasteiger partial charge in [-0.1, -0.05) is 51.1 Å². The van der Waals surface area contributed by atoms with Gasteiger partial charge < -0.3 is 40.3 Å². The monoisotopic (exact) mass is 877 g/mol. The van der Waals surface area contributed by atoms with Gasteiger partial charge >= 0.3 is 0 Å². The minimum absolute atomic E-state index is 0.0197. The smallest absolute Gasteiger partial charge is 0.274 e. The van der Waals surface area contributed by atoms with Crippen LogP contribution in [-0.2, 0) is 19.1 Å². The molecule has 4 amide bonds. The highest BCUT2D eigenvalue weighted by atomic mass is 32.1. The van der Waals surface area contributed by atoms with Gasteiger partial charge in [-0.15, -0.1) is 11.3 Å². The molecule has 2 saturated heterocycles. The number of aromatic nitrogens is 4. The van der Waals surface area contributed by atoms with Crippen molar-refractivity contribution in [1.82, 2.24) is 35.7 Å². The second kappa shape index (κ2) is 19.5. The van der Waals surface area contributed by atoms with Gasteiger partial charge in [-0.25, -0.2) is 9.97 Å². The van der Waals surface area contributed by atoms with Crippen molar-refractivity contribution in [3.05, 3.63) is 95.4 Å². The molecule has 17 heteroatoms. The van der Waals surface area contributed by atoms with Crippen molar-refractivity contribution in [2.45, 2.75) is 84.2 Å². The Balaban J connectivity index is 0.897. The summed E-state index contributed by atoms with van der Waals surface area (Å²) in [5.41, 5.74) is 6.99. The summed E-state index contributed by atoms with van der Waals surface area (Å²) in [7, 11) is 1.55. The molecule has 0 radical (unpaired) electrons. The number of nitrogens with one attached hydrogen (secondary N) is 4. The van der Waals surface area contributed by atoms with Gasteiger partial charge in [-0.05, 0) is 73.6 Å². The van der Waals surface area contributed by atoms with Gasteiger partial charge in [0.1, 0.15) is 30.1 Å². The lowest BCUT2D eigenvalue weighted by molar-refractivity contribution is -0.145. The first-order valence-electron chi connectivity index (χ1n) is 21.1. The van der Waals surface area contributed by atoms with Crippen LogP contribution in [0.1, 0.15) is 74.7 Å². The molecule has 332 valence electrons. The van der Waals surface area contributed by atoms with E-state index in [1.807, 2.05) is 76.5 Å². The maximum atomic E-state index is 14.2. The fraction of sp³-hybridized carbons (Fsp3) is 0.413. The maximum absolute atomic E-state index is 14.2. The quantitative estimate of drug-likeness (QED) is 0.0940. The molecule has 16 nitrogen and oxygen atoms in total. The van der Waals surface area contributed by atoms with Gasteiger partial charge in [-0.2, -0.15) is 5.10 Å². The summed E-state index contributed by atoms with van der Waals surface area (Å²) in [5.74, 6) is -1.13. The number of aliphatic hydroxyl groups excluding tert-OH is 1. The molecule has 2 aliphatic rings. The Labute approximate surface area is 370 Å². The number of carbonyl (C=O) groups is 4. The number of aliphatic hydroxyl groups is 1. The lowest BCUT2D eigenvalue weighted by atomic mass is 9.85. The van der Waals surface area contributed by atoms with Crippen LogP contribution < -0.4 is 25.6 Å². The van der Waals surface area contributed by atoms with Gasteiger partial charge in [0.05, 0.1) is 58.5 Å². The Kier molecular flexibility index (Phi) is 13.9. The second-order valence-electron chi connectivity index (χ2n) is 17.1. The number of aromatic amines is 1. The van der Waals surface area contributed by atoms with Gasteiger partial charge in [0, 0.05) is 44.0 Å². The molecule has 5 aromatic rings. The first-order chi connectivity index (χ1) is 30.2. The number of methoxy groups -OCH3 is 1. The van der Waals surface area contributed by atoms with Crippen LogP contribution in [0.2, 0.25) is 0 Å². The average molecular weight is 878 g/mol. The molecule has 0 aliphatic carbocycles. The maximum Gasteiger partial charge on any atom is 0.274 e. The van der Waals surface area contributed by atoms with E-state index in [9.17, 15) is 24.3 Å². The van der Waals surface area contributed by atoms with E-state index in [0.717, 1.165) is 27.4 Å². The van der Waals surface area contributed by atoms with E-state index in [1.54, 1.807) is 55.0 Å². The lowest BCUT2D eigenvalue weighted by Crippen LogP contribution is -2.58. The third-order valence-electron chi connectivity index (χ3n) is 11.5. The third-order valence-corrected chi connectivity index (χ3v) is 12.5. The highest BCUT2D eigenvalue weighted by Crippen LogP contribution is 2.33. The molecule has 0 bridgehead atoms. The van der Waals surface area contributed by atoms with Crippen LogP contribution in [0, 0.1) is 12.3 Å². The molecule has 5 heterocycles. The van der Waals surface area contributed by atoms with Crippen LogP contribution in [0.4, 0.5) is 11.4 Å². The van der Waals surface area contributed by atoms with Gasteiger partial charge in [0.25, 0.3) is 5.91 Å². The molecular weight excluding hydrogens is 823 g/mol. The van der Waals surface area contributed by atoms with E-state index in [2.05, 4.69) is 41.0 Å². The Morgan fingerprint density at radius 1 is 1.02 bits per heavy atom. The van der Waals surface area contributed by atoms with E-state index < -0.39 is 35.4 Å². The molecule has 2 aliphatic heterocycles. The van der Waals surface area contributed by atoms with Crippen LogP contribution in [0.3, 0.4) is 0 Å². The number of hydrogen-bond acceptors (Lipinski definition) is 12. The Morgan fingerprint density at radius 3 is 2.44 bits per heavy atom. The van der Waals surface area contributed by atoms with Crippen LogP contribution in [0.25, 0.3) is 21.8 Å². The van der Waals surface area contributed by atoms with Crippen molar-refractivity contribution >= 4 is 46.3 Å². The number of β-amino-alcohol motifs (C(OH)–C–C–N with tert-alkyl or cyclic N) is 1. The predicted octanol–water partition coefficient (Wildman–Crippen LogP) is 5.52. The van der Waals surface area contributed by atoms with Crippen molar-refractivity contribution in [1.29, 1.82) is 0 Å². The first-order valence-corrected chi connectivity index (χ1v) is 22.0. The molecule has 3 aromatic heterocycles. The Morgan fingerprint density at radius 2 is 1.78 bits per heavy atom. The van der Waals surface area contributed by atoms with Crippen LogP contribution in [-0.4, -0.2) is 111 Å². The highest BCUT2D eigenvalue weighted by Gasteiger charge is 2.45. The number of amides is 4. The molecule has 7 rings (SSSR count). The number of anilines is 2. The van der Waals surface area contributed by atoms with Crippen molar-refractivity contribution < 1.29 is 33.8 Å². The minimum atomic E-state index is -0.970. The van der Waals surface area contributed by atoms with Gasteiger partial charge in [0.2, 0.25) is 17.7 Å².